The molecule has 14 heteroatoms. The number of carbonyl (C=O) groups is 5. The first-order valence-electron chi connectivity index (χ1n) is 17.1. The van der Waals surface area contributed by atoms with Gasteiger partial charge in [-0.05, 0) is 50.0 Å². The molecule has 1 saturated heterocycles. The van der Waals surface area contributed by atoms with Crippen LogP contribution in [0.25, 0.3) is 0 Å². The molecule has 0 radical (unpaired) electrons. The third-order valence-electron chi connectivity index (χ3n) is 11.6. The van der Waals surface area contributed by atoms with E-state index in [1.807, 2.05) is 0 Å². The SMILES string of the molecule is CC(=O)O[C@@]12CO[C@@H]1C[C@H](OC(=O)C(C)O)[C@@]1(C)C(=O)[C@H](O)C3=C(C)[C@@H](OC(=O)[C@H](O)C(C)C)C[C@@](O)([C@@H](OC(=O)c4ccccc4)C12)C3(C)C. The van der Waals surface area contributed by atoms with Gasteiger partial charge in [-0.15, -0.1) is 0 Å². The van der Waals surface area contributed by atoms with Crippen LogP contribution >= 0.6 is 0 Å². The van der Waals surface area contributed by atoms with Gasteiger partial charge in [0.05, 0.1) is 23.5 Å². The summed E-state index contributed by atoms with van der Waals surface area (Å²) in [4.78, 5) is 68.1. The molecule has 0 spiro atoms. The normalized spacial score (nSPS) is 36.6. The van der Waals surface area contributed by atoms with Gasteiger partial charge in [0.25, 0.3) is 0 Å². The molecule has 2 saturated carbocycles. The van der Waals surface area contributed by atoms with Crippen LogP contribution in [0.1, 0.15) is 78.6 Å². The van der Waals surface area contributed by atoms with Gasteiger partial charge in [-0.2, -0.15) is 0 Å². The van der Waals surface area contributed by atoms with Crippen molar-refractivity contribution in [3.05, 3.63) is 47.0 Å². The molecule has 14 nitrogen and oxygen atoms in total. The largest absolute Gasteiger partial charge is 0.459 e. The second kappa shape index (κ2) is 13.4. The van der Waals surface area contributed by atoms with Gasteiger partial charge < -0.3 is 44.1 Å². The second-order valence-corrected chi connectivity index (χ2v) is 15.4. The average molecular weight is 717 g/mol. The van der Waals surface area contributed by atoms with E-state index in [-0.39, 0.29) is 29.7 Å². The van der Waals surface area contributed by atoms with Crippen molar-refractivity contribution in [3.8, 4) is 0 Å². The number of aliphatic hydroxyl groups is 4. The lowest BCUT2D eigenvalue weighted by Gasteiger charge is -2.67. The zero-order valence-electron chi connectivity index (χ0n) is 30.1. The van der Waals surface area contributed by atoms with E-state index in [1.165, 1.54) is 32.9 Å². The van der Waals surface area contributed by atoms with Gasteiger partial charge in [0.15, 0.2) is 17.5 Å². The van der Waals surface area contributed by atoms with Crippen molar-refractivity contribution in [1.82, 2.24) is 0 Å². The minimum atomic E-state index is -2.31. The summed E-state index contributed by atoms with van der Waals surface area (Å²) in [5.41, 5.74) is -7.47. The Hall–Kier alpha value is -3.69. The minimum Gasteiger partial charge on any atom is -0.459 e. The summed E-state index contributed by atoms with van der Waals surface area (Å²) in [6.07, 6.45) is -11.4. The first-order chi connectivity index (χ1) is 23.6. The first kappa shape index (κ1) is 38.5. The van der Waals surface area contributed by atoms with Crippen molar-refractivity contribution in [3.63, 3.8) is 0 Å². The molecular formula is C37H48O14. The van der Waals surface area contributed by atoms with Gasteiger partial charge in [-0.3, -0.25) is 9.59 Å². The van der Waals surface area contributed by atoms with Gasteiger partial charge in [0.2, 0.25) is 0 Å². The highest BCUT2D eigenvalue weighted by atomic mass is 16.6. The lowest BCUT2D eigenvalue weighted by Crippen LogP contribution is -2.82. The average Bonchev–Trinajstić information content (AvgIpc) is 3.05. The molecule has 4 aliphatic rings. The van der Waals surface area contributed by atoms with Crippen molar-refractivity contribution in [2.24, 2.45) is 22.7 Å². The van der Waals surface area contributed by atoms with Crippen molar-refractivity contribution < 1.29 is 68.1 Å². The molecule has 2 unspecified atom stereocenters. The van der Waals surface area contributed by atoms with Crippen molar-refractivity contribution >= 4 is 29.7 Å². The summed E-state index contributed by atoms with van der Waals surface area (Å²) >= 11 is 0. The Morgan fingerprint density at radius 3 is 2.12 bits per heavy atom. The minimum absolute atomic E-state index is 0.0346. The van der Waals surface area contributed by atoms with Crippen molar-refractivity contribution in [1.29, 1.82) is 0 Å². The van der Waals surface area contributed by atoms with Crippen LogP contribution in [0.2, 0.25) is 0 Å². The molecule has 3 fully saturated rings. The summed E-state index contributed by atoms with van der Waals surface area (Å²) in [5.74, 6) is -6.81. The molecule has 1 aromatic rings. The molecule has 0 amide bonds. The van der Waals surface area contributed by atoms with E-state index in [4.69, 9.17) is 23.7 Å². The van der Waals surface area contributed by atoms with E-state index in [0.717, 1.165) is 6.92 Å². The second-order valence-electron chi connectivity index (χ2n) is 15.4. The van der Waals surface area contributed by atoms with E-state index in [1.54, 1.807) is 45.9 Å². The van der Waals surface area contributed by atoms with Crippen LogP contribution in [0.15, 0.2) is 41.5 Å². The molecule has 1 heterocycles. The maximum absolute atomic E-state index is 15.1. The predicted molar refractivity (Wildman–Crippen MR) is 175 cm³/mol. The fourth-order valence-electron chi connectivity index (χ4n) is 8.64. The Labute approximate surface area is 296 Å². The Bertz CT molecular complexity index is 1620. The molecule has 5 rings (SSSR count). The number of carbonyl (C=O) groups excluding carboxylic acids is 5. The van der Waals surface area contributed by atoms with E-state index >= 15 is 4.79 Å². The van der Waals surface area contributed by atoms with Crippen LogP contribution in [-0.2, 0) is 42.9 Å². The molecule has 3 aliphatic carbocycles. The Balaban J connectivity index is 1.82. The van der Waals surface area contributed by atoms with Crippen LogP contribution < -0.4 is 0 Å². The number of aliphatic hydroxyl groups excluding tert-OH is 3. The molecule has 280 valence electrons. The van der Waals surface area contributed by atoms with Gasteiger partial charge in [-0.25, -0.2) is 14.4 Å². The highest BCUT2D eigenvalue weighted by Crippen LogP contribution is 2.64. The molecule has 51 heavy (non-hydrogen) atoms. The highest BCUT2D eigenvalue weighted by Gasteiger charge is 2.78. The molecule has 4 N–H and O–H groups in total. The van der Waals surface area contributed by atoms with Crippen LogP contribution in [0.4, 0.5) is 0 Å². The summed E-state index contributed by atoms with van der Waals surface area (Å²) in [6.45, 7) is 11.2. The maximum Gasteiger partial charge on any atom is 0.338 e. The third-order valence-corrected chi connectivity index (χ3v) is 11.6. The lowest BCUT2D eigenvalue weighted by atomic mass is 9.44. The maximum atomic E-state index is 15.1. The van der Waals surface area contributed by atoms with Gasteiger partial charge in [0.1, 0.15) is 42.2 Å². The molecule has 1 aromatic carbocycles. The number of rotatable bonds is 8. The quantitative estimate of drug-likeness (QED) is 0.171. The Morgan fingerprint density at radius 1 is 0.961 bits per heavy atom. The fraction of sp³-hybridized carbons (Fsp3) is 0.649. The van der Waals surface area contributed by atoms with Gasteiger partial charge in [0, 0.05) is 25.2 Å². The Morgan fingerprint density at radius 2 is 1.59 bits per heavy atom. The van der Waals surface area contributed by atoms with Gasteiger partial charge >= 0.3 is 23.9 Å². The third kappa shape index (κ3) is 5.98. The van der Waals surface area contributed by atoms with E-state index in [9.17, 15) is 39.6 Å². The zero-order chi connectivity index (χ0) is 38.0. The number of hydrogen-bond acceptors (Lipinski definition) is 14. The molecule has 2 bridgehead atoms. The number of Topliss-reactive ketones (excluding diaryl/α,β-unsaturated/α-hetero) is 1. The molecule has 0 aromatic heterocycles. The summed E-state index contributed by atoms with van der Waals surface area (Å²) in [6, 6.07) is 7.84. The number of ether oxygens (including phenoxy) is 5. The number of esters is 4. The molecule has 11 atom stereocenters. The smallest absolute Gasteiger partial charge is 0.338 e. The Kier molecular flexibility index (Phi) is 10.1. The highest BCUT2D eigenvalue weighted by molar-refractivity contribution is 5.94. The van der Waals surface area contributed by atoms with Crippen LogP contribution in [-0.4, -0.2) is 111 Å². The van der Waals surface area contributed by atoms with Crippen molar-refractivity contribution in [2.45, 2.75) is 122 Å². The first-order valence-corrected chi connectivity index (χ1v) is 17.1. The molecule has 1 aliphatic heterocycles. The topological polar surface area (TPSA) is 212 Å². The number of hydrogen-bond donors (Lipinski definition) is 4. The van der Waals surface area contributed by atoms with E-state index < -0.39 is 113 Å². The van der Waals surface area contributed by atoms with Crippen LogP contribution in [0, 0.1) is 22.7 Å². The van der Waals surface area contributed by atoms with E-state index in [2.05, 4.69) is 0 Å². The number of fused-ring (bicyclic) bond motifs is 5. The molecular weight excluding hydrogens is 668 g/mol. The number of benzene rings is 1. The zero-order valence-corrected chi connectivity index (χ0v) is 30.1. The van der Waals surface area contributed by atoms with Crippen LogP contribution in [0.3, 0.4) is 0 Å². The summed E-state index contributed by atoms with van der Waals surface area (Å²) < 4.78 is 29.7. The van der Waals surface area contributed by atoms with Crippen molar-refractivity contribution in [2.75, 3.05) is 6.61 Å². The van der Waals surface area contributed by atoms with Crippen LogP contribution in [0.5, 0.6) is 0 Å². The fourth-order valence-corrected chi connectivity index (χ4v) is 8.64. The van der Waals surface area contributed by atoms with Gasteiger partial charge in [-0.1, -0.05) is 45.9 Å². The van der Waals surface area contributed by atoms with E-state index in [0.29, 0.717) is 0 Å². The summed E-state index contributed by atoms with van der Waals surface area (Å²) in [5, 5.41) is 46.1. The summed E-state index contributed by atoms with van der Waals surface area (Å²) in [7, 11) is 0. The lowest BCUT2D eigenvalue weighted by molar-refractivity contribution is -0.346. The standard InChI is InChI=1S/C37H48O14/c1-17(2)26(40)33(45)48-22-15-37(46)30(50-32(44)21-12-10-9-11-13-21)28-35(8,29(42)27(41)25(18(22)3)34(37,6)7)23(49-31(43)19(4)38)14-24-36(28,16-47-24)51-20(5)39/h9-13,17,19,22-24,26-28,30,38,40-41,46H,14-16H2,1-8H3/t19?,22-,23-,24+,26+,27+,28?,30-,35+,36-,37+/m0/s1. The number of ketones is 1. The monoisotopic (exact) mass is 716 g/mol. The predicted octanol–water partition coefficient (Wildman–Crippen LogP) is 1.58.